The molecule has 0 bridgehead atoms. The fourth-order valence-corrected chi connectivity index (χ4v) is 2.70. The van der Waals surface area contributed by atoms with Gasteiger partial charge < -0.3 is 14.8 Å². The zero-order valence-corrected chi connectivity index (χ0v) is 13.2. The van der Waals surface area contributed by atoms with Crippen molar-refractivity contribution in [3.63, 3.8) is 0 Å². The highest BCUT2D eigenvalue weighted by atomic mass is 16.6. The molecule has 0 unspecified atom stereocenters. The molecule has 2 atom stereocenters. The van der Waals surface area contributed by atoms with E-state index in [9.17, 15) is 9.59 Å². The summed E-state index contributed by atoms with van der Waals surface area (Å²) < 4.78 is 10.5. The zero-order valence-electron chi connectivity index (χ0n) is 13.2. The summed E-state index contributed by atoms with van der Waals surface area (Å²) in [6.45, 7) is 0.192. The molecule has 1 aliphatic rings. The highest BCUT2D eigenvalue weighted by molar-refractivity contribution is 5.75. The lowest BCUT2D eigenvalue weighted by molar-refractivity contribution is -0.141. The van der Waals surface area contributed by atoms with E-state index in [0.29, 0.717) is 6.42 Å². The van der Waals surface area contributed by atoms with Crippen molar-refractivity contribution in [2.75, 3.05) is 0 Å². The fourth-order valence-electron chi connectivity index (χ4n) is 2.70. The van der Waals surface area contributed by atoms with Gasteiger partial charge in [0, 0.05) is 6.42 Å². The Bertz CT molecular complexity index is 687. The van der Waals surface area contributed by atoms with Crippen molar-refractivity contribution in [1.82, 2.24) is 5.32 Å². The predicted octanol–water partition coefficient (Wildman–Crippen LogP) is 2.84. The van der Waals surface area contributed by atoms with Crippen LogP contribution in [0, 0.1) is 0 Å². The lowest BCUT2D eigenvalue weighted by Gasteiger charge is -2.18. The summed E-state index contributed by atoms with van der Waals surface area (Å²) in [5.41, 5.74) is 1.97. The summed E-state index contributed by atoms with van der Waals surface area (Å²) in [7, 11) is 0. The Hall–Kier alpha value is -2.82. The van der Waals surface area contributed by atoms with E-state index in [1.165, 1.54) is 0 Å². The Morgan fingerprint density at radius 1 is 1.04 bits per heavy atom. The highest BCUT2D eigenvalue weighted by Crippen LogP contribution is 2.19. The van der Waals surface area contributed by atoms with Crippen molar-refractivity contribution in [2.24, 2.45) is 0 Å². The topological polar surface area (TPSA) is 64.6 Å². The number of cyclic esters (lactones) is 1. The van der Waals surface area contributed by atoms with Crippen LogP contribution in [0.15, 0.2) is 60.7 Å². The minimum absolute atomic E-state index is 0.165. The Morgan fingerprint density at radius 3 is 2.33 bits per heavy atom. The van der Waals surface area contributed by atoms with Gasteiger partial charge in [-0.25, -0.2) is 4.79 Å². The molecule has 1 N–H and O–H groups in total. The summed E-state index contributed by atoms with van der Waals surface area (Å²) in [6.07, 6.45) is -0.182. The molecule has 2 aromatic carbocycles. The molecule has 1 heterocycles. The van der Waals surface area contributed by atoms with Gasteiger partial charge in [-0.3, -0.25) is 4.79 Å². The van der Waals surface area contributed by atoms with E-state index < -0.39 is 6.09 Å². The van der Waals surface area contributed by atoms with Crippen LogP contribution in [-0.2, 0) is 27.3 Å². The van der Waals surface area contributed by atoms with Crippen molar-refractivity contribution in [3.05, 3.63) is 71.8 Å². The van der Waals surface area contributed by atoms with Crippen LogP contribution < -0.4 is 5.32 Å². The summed E-state index contributed by atoms with van der Waals surface area (Å²) in [5, 5.41) is 2.74. The molecule has 2 aromatic rings. The standard InChI is InChI=1S/C19H19NO4/c21-18-12-16(17(24-18)11-14-7-3-1-4-8-14)20-19(22)23-13-15-9-5-2-6-10-15/h1-10,16-17H,11-13H2,(H,20,22)/t16-,17-/m0/s1. The summed E-state index contributed by atoms with van der Waals surface area (Å²) in [4.78, 5) is 23.6. The number of benzene rings is 2. The third kappa shape index (κ3) is 4.35. The Kier molecular flexibility index (Phi) is 5.11. The fraction of sp³-hybridized carbons (Fsp3) is 0.263. The molecule has 1 saturated heterocycles. The molecule has 5 nitrogen and oxygen atoms in total. The van der Waals surface area contributed by atoms with E-state index in [-0.39, 0.29) is 31.1 Å². The van der Waals surface area contributed by atoms with E-state index >= 15 is 0 Å². The van der Waals surface area contributed by atoms with Crippen LogP contribution in [0.3, 0.4) is 0 Å². The molecule has 24 heavy (non-hydrogen) atoms. The molecule has 124 valence electrons. The van der Waals surface area contributed by atoms with Gasteiger partial charge in [-0.15, -0.1) is 0 Å². The second-order valence-corrected chi connectivity index (χ2v) is 5.73. The van der Waals surface area contributed by atoms with Crippen LogP contribution in [0.5, 0.6) is 0 Å². The molecular formula is C19H19NO4. The van der Waals surface area contributed by atoms with E-state index in [1.807, 2.05) is 60.7 Å². The third-order valence-corrected chi connectivity index (χ3v) is 3.91. The van der Waals surface area contributed by atoms with Crippen molar-refractivity contribution in [2.45, 2.75) is 31.6 Å². The Balaban J connectivity index is 1.54. The summed E-state index contributed by atoms with van der Waals surface area (Å²) >= 11 is 0. The van der Waals surface area contributed by atoms with Gasteiger partial charge in [0.25, 0.3) is 0 Å². The molecule has 0 radical (unpaired) electrons. The summed E-state index contributed by atoms with van der Waals surface area (Å²) in [6, 6.07) is 18.8. The molecule has 1 amide bonds. The SMILES string of the molecule is O=C1C[C@H](NC(=O)OCc2ccccc2)[C@H](Cc2ccccc2)O1. The number of hydrogen-bond acceptors (Lipinski definition) is 4. The molecule has 3 rings (SSSR count). The van der Waals surface area contributed by atoms with Crippen LogP contribution in [0.1, 0.15) is 17.5 Å². The van der Waals surface area contributed by atoms with Crippen LogP contribution in [-0.4, -0.2) is 24.2 Å². The van der Waals surface area contributed by atoms with Gasteiger partial charge >= 0.3 is 12.1 Å². The normalized spacial score (nSPS) is 19.6. The minimum atomic E-state index is -0.541. The number of alkyl carbamates (subject to hydrolysis) is 1. The van der Waals surface area contributed by atoms with Crippen LogP contribution >= 0.6 is 0 Å². The minimum Gasteiger partial charge on any atom is -0.460 e. The maximum atomic E-state index is 12.0. The van der Waals surface area contributed by atoms with Crippen molar-refractivity contribution >= 4 is 12.1 Å². The second-order valence-electron chi connectivity index (χ2n) is 5.73. The molecule has 1 fully saturated rings. The van der Waals surface area contributed by atoms with E-state index in [0.717, 1.165) is 11.1 Å². The first kappa shape index (κ1) is 16.1. The van der Waals surface area contributed by atoms with E-state index in [2.05, 4.69) is 5.32 Å². The third-order valence-electron chi connectivity index (χ3n) is 3.91. The molecule has 0 spiro atoms. The number of esters is 1. The van der Waals surface area contributed by atoms with Crippen molar-refractivity contribution in [1.29, 1.82) is 0 Å². The van der Waals surface area contributed by atoms with E-state index in [1.54, 1.807) is 0 Å². The van der Waals surface area contributed by atoms with Crippen molar-refractivity contribution < 1.29 is 19.1 Å². The lowest BCUT2D eigenvalue weighted by Crippen LogP contribution is -2.41. The van der Waals surface area contributed by atoms with Gasteiger partial charge in [0.05, 0.1) is 12.5 Å². The number of rotatable bonds is 5. The molecule has 5 heteroatoms. The quantitative estimate of drug-likeness (QED) is 0.859. The van der Waals surface area contributed by atoms with Crippen LogP contribution in [0.25, 0.3) is 0 Å². The first-order valence-electron chi connectivity index (χ1n) is 7.91. The van der Waals surface area contributed by atoms with Gasteiger partial charge in [0.1, 0.15) is 12.7 Å². The first-order chi connectivity index (χ1) is 11.7. The number of hydrogen-bond donors (Lipinski definition) is 1. The van der Waals surface area contributed by atoms with E-state index in [4.69, 9.17) is 9.47 Å². The first-order valence-corrected chi connectivity index (χ1v) is 7.91. The Labute approximate surface area is 140 Å². The molecule has 0 saturated carbocycles. The molecule has 0 aromatic heterocycles. The second kappa shape index (κ2) is 7.64. The van der Waals surface area contributed by atoms with Gasteiger partial charge in [-0.2, -0.15) is 0 Å². The Morgan fingerprint density at radius 2 is 1.67 bits per heavy atom. The van der Waals surface area contributed by atoms with Gasteiger partial charge in [-0.1, -0.05) is 60.7 Å². The molecular weight excluding hydrogens is 306 g/mol. The van der Waals surface area contributed by atoms with Gasteiger partial charge in [0.15, 0.2) is 0 Å². The highest BCUT2D eigenvalue weighted by Gasteiger charge is 2.36. The average Bonchev–Trinajstić information content (AvgIpc) is 2.94. The number of carbonyl (C=O) groups excluding carboxylic acids is 2. The smallest absolute Gasteiger partial charge is 0.407 e. The van der Waals surface area contributed by atoms with Gasteiger partial charge in [-0.05, 0) is 11.1 Å². The average molecular weight is 325 g/mol. The molecule has 1 aliphatic heterocycles. The number of carbonyl (C=O) groups is 2. The van der Waals surface area contributed by atoms with Crippen LogP contribution in [0.4, 0.5) is 4.79 Å². The summed E-state index contributed by atoms with van der Waals surface area (Å²) in [5.74, 6) is -0.302. The monoisotopic (exact) mass is 325 g/mol. The zero-order chi connectivity index (χ0) is 16.8. The van der Waals surface area contributed by atoms with Crippen molar-refractivity contribution in [3.8, 4) is 0 Å². The van der Waals surface area contributed by atoms with Gasteiger partial charge in [0.2, 0.25) is 0 Å². The lowest BCUT2D eigenvalue weighted by atomic mass is 10.0. The number of nitrogens with one attached hydrogen (secondary N) is 1. The predicted molar refractivity (Wildman–Crippen MR) is 88.2 cm³/mol. The number of amides is 1. The number of ether oxygens (including phenoxy) is 2. The van der Waals surface area contributed by atoms with Crippen LogP contribution in [0.2, 0.25) is 0 Å². The largest absolute Gasteiger partial charge is 0.460 e. The maximum absolute atomic E-state index is 12.0. The molecule has 0 aliphatic carbocycles. The maximum Gasteiger partial charge on any atom is 0.407 e.